The molecule has 2 rings (SSSR count). The fourth-order valence-corrected chi connectivity index (χ4v) is 3.51. The second-order valence-corrected chi connectivity index (χ2v) is 6.22. The van der Waals surface area contributed by atoms with E-state index < -0.39 is 0 Å². The first kappa shape index (κ1) is 14.4. The first-order valence-electron chi connectivity index (χ1n) is 6.63. The highest BCUT2D eigenvalue weighted by molar-refractivity contribution is 7.19. The van der Waals surface area contributed by atoms with Gasteiger partial charge in [0.15, 0.2) is 0 Å². The minimum atomic E-state index is -0.328. The summed E-state index contributed by atoms with van der Waals surface area (Å²) in [5.74, 6) is -0.0845. The first-order chi connectivity index (χ1) is 9.04. The third-order valence-corrected chi connectivity index (χ3v) is 4.35. The highest BCUT2D eigenvalue weighted by Crippen LogP contribution is 2.35. The van der Waals surface area contributed by atoms with E-state index in [9.17, 15) is 8.78 Å². The molecule has 0 aliphatic heterocycles. The Hall–Kier alpha value is -1.00. The Kier molecular flexibility index (Phi) is 4.53. The summed E-state index contributed by atoms with van der Waals surface area (Å²) in [5, 5.41) is 3.81. The molecule has 0 bridgehead atoms. The van der Waals surface area contributed by atoms with Crippen LogP contribution in [0.15, 0.2) is 12.1 Å². The molecule has 1 aromatic heterocycles. The summed E-state index contributed by atoms with van der Waals surface area (Å²) in [5.41, 5.74) is 0.938. The van der Waals surface area contributed by atoms with Gasteiger partial charge in [-0.1, -0.05) is 20.8 Å². The predicted molar refractivity (Wildman–Crippen MR) is 77.7 cm³/mol. The van der Waals surface area contributed by atoms with Gasteiger partial charge < -0.3 is 5.32 Å². The monoisotopic (exact) mass is 283 g/mol. The van der Waals surface area contributed by atoms with Crippen LogP contribution in [-0.4, -0.2) is 6.54 Å². The standard InChI is InChI=1S/C15H19F2NS/c1-4-10-13(8-18-7-9(2)3)19-15-12(17)6-5-11(16)14(10)15/h5-6,9,18H,4,7-8H2,1-3H3. The highest BCUT2D eigenvalue weighted by Gasteiger charge is 2.17. The number of hydrogen-bond donors (Lipinski definition) is 1. The van der Waals surface area contributed by atoms with Crippen molar-refractivity contribution in [3.63, 3.8) is 0 Å². The van der Waals surface area contributed by atoms with Gasteiger partial charge in [0.2, 0.25) is 0 Å². The fraction of sp³-hybridized carbons (Fsp3) is 0.467. The Morgan fingerprint density at radius 2 is 1.89 bits per heavy atom. The molecule has 2 aromatic rings. The zero-order chi connectivity index (χ0) is 14.0. The van der Waals surface area contributed by atoms with Gasteiger partial charge >= 0.3 is 0 Å². The van der Waals surface area contributed by atoms with E-state index in [2.05, 4.69) is 19.2 Å². The normalized spacial score (nSPS) is 11.7. The quantitative estimate of drug-likeness (QED) is 0.852. The second kappa shape index (κ2) is 5.97. The van der Waals surface area contributed by atoms with Crippen LogP contribution in [0.5, 0.6) is 0 Å². The maximum Gasteiger partial charge on any atom is 0.141 e. The molecular weight excluding hydrogens is 264 g/mol. The number of rotatable bonds is 5. The Bertz CT molecular complexity index is 575. The van der Waals surface area contributed by atoms with E-state index in [0.29, 0.717) is 22.5 Å². The number of aryl methyl sites for hydroxylation is 1. The summed E-state index contributed by atoms with van der Waals surface area (Å²) in [6, 6.07) is 2.42. The van der Waals surface area contributed by atoms with E-state index in [0.717, 1.165) is 23.4 Å². The lowest BCUT2D eigenvalue weighted by atomic mass is 10.1. The van der Waals surface area contributed by atoms with Gasteiger partial charge in [-0.25, -0.2) is 8.78 Å². The summed E-state index contributed by atoms with van der Waals surface area (Å²) >= 11 is 1.36. The molecule has 19 heavy (non-hydrogen) atoms. The van der Waals surface area contributed by atoms with Gasteiger partial charge in [-0.05, 0) is 36.6 Å². The molecule has 0 saturated heterocycles. The molecule has 0 atom stereocenters. The Morgan fingerprint density at radius 3 is 2.53 bits per heavy atom. The molecule has 0 saturated carbocycles. The molecule has 0 aliphatic carbocycles. The molecule has 1 heterocycles. The van der Waals surface area contributed by atoms with Crippen molar-refractivity contribution in [3.05, 3.63) is 34.2 Å². The summed E-state index contributed by atoms with van der Waals surface area (Å²) in [4.78, 5) is 1.04. The molecule has 0 fully saturated rings. The van der Waals surface area contributed by atoms with Gasteiger partial charge in [0, 0.05) is 16.8 Å². The van der Waals surface area contributed by atoms with Crippen LogP contribution in [0.4, 0.5) is 8.78 Å². The summed E-state index contributed by atoms with van der Waals surface area (Å²) in [6.45, 7) is 7.84. The third kappa shape index (κ3) is 2.95. The molecular formula is C15H19F2NS. The third-order valence-electron chi connectivity index (χ3n) is 3.11. The van der Waals surface area contributed by atoms with Gasteiger partial charge in [-0.15, -0.1) is 11.3 Å². The molecule has 1 aromatic carbocycles. The minimum Gasteiger partial charge on any atom is -0.312 e. The van der Waals surface area contributed by atoms with Crippen LogP contribution < -0.4 is 5.32 Å². The average Bonchev–Trinajstić information content (AvgIpc) is 2.73. The maximum atomic E-state index is 13.9. The summed E-state index contributed by atoms with van der Waals surface area (Å²) in [6.07, 6.45) is 0.721. The van der Waals surface area contributed by atoms with Crippen LogP contribution in [0.1, 0.15) is 31.2 Å². The van der Waals surface area contributed by atoms with Crippen LogP contribution in [0, 0.1) is 17.6 Å². The number of nitrogens with one attached hydrogen (secondary N) is 1. The zero-order valence-corrected chi connectivity index (χ0v) is 12.3. The van der Waals surface area contributed by atoms with E-state index in [1.807, 2.05) is 6.92 Å². The number of halogens is 2. The molecule has 104 valence electrons. The lowest BCUT2D eigenvalue weighted by molar-refractivity contribution is 0.554. The van der Waals surface area contributed by atoms with Crippen molar-refractivity contribution in [2.75, 3.05) is 6.54 Å². The SMILES string of the molecule is CCc1c(CNCC(C)C)sc2c(F)ccc(F)c12. The van der Waals surface area contributed by atoms with E-state index in [1.54, 1.807) is 0 Å². The Labute approximate surface area is 116 Å². The van der Waals surface area contributed by atoms with Crippen LogP contribution >= 0.6 is 11.3 Å². The van der Waals surface area contributed by atoms with Crippen molar-refractivity contribution in [1.82, 2.24) is 5.32 Å². The predicted octanol–water partition coefficient (Wildman–Crippen LogP) is 4.49. The van der Waals surface area contributed by atoms with Gasteiger partial charge in [0.25, 0.3) is 0 Å². The zero-order valence-electron chi connectivity index (χ0n) is 11.5. The summed E-state index contributed by atoms with van der Waals surface area (Å²) < 4.78 is 28.1. The molecule has 1 nitrogen and oxygen atoms in total. The number of thiophene rings is 1. The smallest absolute Gasteiger partial charge is 0.141 e. The van der Waals surface area contributed by atoms with Crippen molar-refractivity contribution in [2.45, 2.75) is 33.7 Å². The maximum absolute atomic E-state index is 13.9. The molecule has 0 amide bonds. The first-order valence-corrected chi connectivity index (χ1v) is 7.45. The number of benzene rings is 1. The fourth-order valence-electron chi connectivity index (χ4n) is 2.23. The van der Waals surface area contributed by atoms with Crippen LogP contribution in [0.2, 0.25) is 0 Å². The van der Waals surface area contributed by atoms with E-state index in [1.165, 1.54) is 23.5 Å². The lowest BCUT2D eigenvalue weighted by Crippen LogP contribution is -2.18. The van der Waals surface area contributed by atoms with Gasteiger partial charge in [-0.3, -0.25) is 0 Å². The number of hydrogen-bond acceptors (Lipinski definition) is 2. The molecule has 0 radical (unpaired) electrons. The Balaban J connectivity index is 2.39. The van der Waals surface area contributed by atoms with Crippen LogP contribution in [0.3, 0.4) is 0 Å². The summed E-state index contributed by atoms with van der Waals surface area (Å²) in [7, 11) is 0. The lowest BCUT2D eigenvalue weighted by Gasteiger charge is -2.07. The highest BCUT2D eigenvalue weighted by atomic mass is 32.1. The van der Waals surface area contributed by atoms with E-state index in [-0.39, 0.29) is 11.6 Å². The topological polar surface area (TPSA) is 12.0 Å². The van der Waals surface area contributed by atoms with Gasteiger partial charge in [-0.2, -0.15) is 0 Å². The van der Waals surface area contributed by atoms with Crippen molar-refractivity contribution >= 4 is 21.4 Å². The molecule has 1 N–H and O–H groups in total. The van der Waals surface area contributed by atoms with Crippen LogP contribution in [-0.2, 0) is 13.0 Å². The largest absolute Gasteiger partial charge is 0.312 e. The van der Waals surface area contributed by atoms with E-state index in [4.69, 9.17) is 0 Å². The van der Waals surface area contributed by atoms with E-state index >= 15 is 0 Å². The van der Waals surface area contributed by atoms with Crippen molar-refractivity contribution in [2.24, 2.45) is 5.92 Å². The van der Waals surface area contributed by atoms with Gasteiger partial charge in [0.1, 0.15) is 11.6 Å². The van der Waals surface area contributed by atoms with Gasteiger partial charge in [0.05, 0.1) is 4.70 Å². The minimum absolute atomic E-state index is 0.320. The van der Waals surface area contributed by atoms with Crippen molar-refractivity contribution < 1.29 is 8.78 Å². The molecule has 0 aliphatic rings. The van der Waals surface area contributed by atoms with Crippen molar-refractivity contribution in [1.29, 1.82) is 0 Å². The Morgan fingerprint density at radius 1 is 1.21 bits per heavy atom. The molecule has 0 unspecified atom stereocenters. The molecule has 4 heteroatoms. The second-order valence-electron chi connectivity index (χ2n) is 5.12. The van der Waals surface area contributed by atoms with Crippen molar-refractivity contribution in [3.8, 4) is 0 Å². The average molecular weight is 283 g/mol. The molecule has 0 spiro atoms. The number of fused-ring (bicyclic) bond motifs is 1. The van der Waals surface area contributed by atoms with Crippen LogP contribution in [0.25, 0.3) is 10.1 Å².